The predicted octanol–water partition coefficient (Wildman–Crippen LogP) is 4.42. The van der Waals surface area contributed by atoms with Crippen LogP contribution in [-0.4, -0.2) is 73.8 Å². The first-order valence-corrected chi connectivity index (χ1v) is 13.0. The SMILES string of the molecule is CN1CCN(Cc2ccc(NC(=O)Nc3cc(-c4ccc(-c5cccnc5)cc4)n(C)n3)c3[nH]cnc23)CC1. The molecule has 0 atom stereocenters. The van der Waals surface area contributed by atoms with Crippen molar-refractivity contribution >= 4 is 28.6 Å². The summed E-state index contributed by atoms with van der Waals surface area (Å²) in [4.78, 5) is 29.6. The monoisotopic (exact) mass is 521 g/mol. The Labute approximate surface area is 226 Å². The van der Waals surface area contributed by atoms with Crippen molar-refractivity contribution in [3.8, 4) is 22.4 Å². The Morgan fingerprint density at radius 3 is 2.51 bits per heavy atom. The van der Waals surface area contributed by atoms with Crippen LogP contribution in [0.2, 0.25) is 0 Å². The molecule has 0 spiro atoms. The van der Waals surface area contributed by atoms with Gasteiger partial charge in [0, 0.05) is 58.2 Å². The molecule has 2 aromatic carbocycles. The highest BCUT2D eigenvalue weighted by atomic mass is 16.2. The second kappa shape index (κ2) is 10.7. The van der Waals surface area contributed by atoms with Crippen molar-refractivity contribution < 1.29 is 4.79 Å². The van der Waals surface area contributed by atoms with Crippen LogP contribution in [0.5, 0.6) is 0 Å². The number of likely N-dealkylation sites (N-methyl/N-ethyl adjacent to an activating group) is 1. The third-order valence-electron chi connectivity index (χ3n) is 7.20. The number of pyridine rings is 1. The van der Waals surface area contributed by atoms with Gasteiger partial charge in [-0.15, -0.1) is 0 Å². The number of aromatic nitrogens is 5. The number of fused-ring (bicyclic) bond motifs is 1. The van der Waals surface area contributed by atoms with Crippen LogP contribution in [0.15, 0.2) is 73.3 Å². The van der Waals surface area contributed by atoms with Gasteiger partial charge in [-0.2, -0.15) is 5.10 Å². The van der Waals surface area contributed by atoms with E-state index in [1.165, 1.54) is 0 Å². The standard InChI is InChI=1S/C29H31N9O/c1-36-12-14-38(15-13-36)18-23-9-10-24(28-27(23)31-19-32-28)33-29(39)34-26-16-25(37(2)35-26)21-7-5-20(6-8-21)22-4-3-11-30-17-22/h3-11,16-17,19H,12-15,18H2,1-2H3,(H,31,32)(H2,33,34,35,39). The van der Waals surface area contributed by atoms with Gasteiger partial charge in [0.25, 0.3) is 0 Å². The van der Waals surface area contributed by atoms with Gasteiger partial charge in [0.2, 0.25) is 0 Å². The summed E-state index contributed by atoms with van der Waals surface area (Å²) in [7, 11) is 4.02. The number of hydrogen-bond donors (Lipinski definition) is 3. The first kappa shape index (κ1) is 24.8. The molecule has 0 bridgehead atoms. The van der Waals surface area contributed by atoms with E-state index in [0.29, 0.717) is 11.5 Å². The van der Waals surface area contributed by atoms with Crippen LogP contribution >= 0.6 is 0 Å². The molecule has 3 N–H and O–H groups in total. The van der Waals surface area contributed by atoms with E-state index < -0.39 is 0 Å². The van der Waals surface area contributed by atoms with Gasteiger partial charge in [0.1, 0.15) is 0 Å². The molecular weight excluding hydrogens is 490 g/mol. The van der Waals surface area contributed by atoms with Gasteiger partial charge in [-0.05, 0) is 41.4 Å². The zero-order chi connectivity index (χ0) is 26.8. The fourth-order valence-electron chi connectivity index (χ4n) is 5.00. The third kappa shape index (κ3) is 5.38. The Balaban J connectivity index is 1.13. The van der Waals surface area contributed by atoms with E-state index in [1.807, 2.05) is 55.7 Å². The molecule has 1 saturated heterocycles. The molecule has 198 valence electrons. The van der Waals surface area contributed by atoms with Crippen LogP contribution in [0, 0.1) is 0 Å². The molecule has 0 aliphatic carbocycles. The largest absolute Gasteiger partial charge is 0.343 e. The first-order chi connectivity index (χ1) is 19.0. The summed E-state index contributed by atoms with van der Waals surface area (Å²) in [5.74, 6) is 0.467. The number of benzene rings is 2. The summed E-state index contributed by atoms with van der Waals surface area (Å²) >= 11 is 0. The molecule has 1 aliphatic rings. The van der Waals surface area contributed by atoms with Gasteiger partial charge in [-0.3, -0.25) is 19.9 Å². The van der Waals surface area contributed by atoms with Crippen LogP contribution in [0.4, 0.5) is 16.3 Å². The summed E-state index contributed by atoms with van der Waals surface area (Å²) in [5.41, 5.74) is 7.55. The highest BCUT2D eigenvalue weighted by molar-refractivity contribution is 6.04. The Morgan fingerprint density at radius 2 is 1.74 bits per heavy atom. The number of piperazine rings is 1. The van der Waals surface area contributed by atoms with Crippen LogP contribution in [0.1, 0.15) is 5.56 Å². The number of carbonyl (C=O) groups excluding carboxylic acids is 1. The van der Waals surface area contributed by atoms with E-state index >= 15 is 0 Å². The number of nitrogens with one attached hydrogen (secondary N) is 3. The van der Waals surface area contributed by atoms with Gasteiger partial charge in [0.15, 0.2) is 5.82 Å². The van der Waals surface area contributed by atoms with Gasteiger partial charge in [-0.25, -0.2) is 9.78 Å². The van der Waals surface area contributed by atoms with E-state index in [2.05, 4.69) is 59.7 Å². The number of rotatable bonds is 6. The topological polar surface area (TPSA) is 107 Å². The lowest BCUT2D eigenvalue weighted by molar-refractivity contribution is 0.148. The van der Waals surface area contributed by atoms with E-state index in [9.17, 15) is 4.79 Å². The predicted molar refractivity (Wildman–Crippen MR) is 153 cm³/mol. The molecule has 6 rings (SSSR count). The van der Waals surface area contributed by atoms with Crippen LogP contribution in [-0.2, 0) is 13.6 Å². The first-order valence-electron chi connectivity index (χ1n) is 13.0. The second-order valence-electron chi connectivity index (χ2n) is 9.91. The van der Waals surface area contributed by atoms with Crippen molar-refractivity contribution in [2.75, 3.05) is 43.9 Å². The average Bonchev–Trinajstić information content (AvgIpc) is 3.59. The van der Waals surface area contributed by atoms with Crippen molar-refractivity contribution in [3.05, 3.63) is 78.9 Å². The van der Waals surface area contributed by atoms with Gasteiger partial charge >= 0.3 is 6.03 Å². The molecule has 5 aromatic rings. The van der Waals surface area contributed by atoms with Crippen molar-refractivity contribution in [2.45, 2.75) is 6.54 Å². The normalized spacial score (nSPS) is 14.5. The van der Waals surface area contributed by atoms with Crippen molar-refractivity contribution in [1.29, 1.82) is 0 Å². The van der Waals surface area contributed by atoms with Crippen molar-refractivity contribution in [3.63, 3.8) is 0 Å². The third-order valence-corrected chi connectivity index (χ3v) is 7.20. The molecular formula is C29H31N9O. The highest BCUT2D eigenvalue weighted by Crippen LogP contribution is 2.27. The smallest absolute Gasteiger partial charge is 0.324 e. The minimum absolute atomic E-state index is 0.366. The summed E-state index contributed by atoms with van der Waals surface area (Å²) < 4.78 is 1.76. The average molecular weight is 522 g/mol. The number of urea groups is 1. The van der Waals surface area contributed by atoms with Crippen molar-refractivity contribution in [2.24, 2.45) is 7.05 Å². The maximum absolute atomic E-state index is 12.9. The minimum Gasteiger partial charge on any atom is -0.343 e. The number of carbonyl (C=O) groups is 1. The molecule has 0 saturated carbocycles. The highest BCUT2D eigenvalue weighted by Gasteiger charge is 2.18. The van der Waals surface area contributed by atoms with Crippen LogP contribution in [0.3, 0.4) is 0 Å². The number of hydrogen-bond acceptors (Lipinski definition) is 6. The summed E-state index contributed by atoms with van der Waals surface area (Å²) in [6.07, 6.45) is 5.28. The van der Waals surface area contributed by atoms with E-state index in [1.54, 1.807) is 17.2 Å². The van der Waals surface area contributed by atoms with Gasteiger partial charge in [-0.1, -0.05) is 36.4 Å². The Kier molecular flexibility index (Phi) is 6.78. The Morgan fingerprint density at radius 1 is 0.949 bits per heavy atom. The number of aryl methyl sites for hydroxylation is 1. The molecule has 10 nitrogen and oxygen atoms in total. The van der Waals surface area contributed by atoms with Crippen molar-refractivity contribution in [1.82, 2.24) is 34.5 Å². The quantitative estimate of drug-likeness (QED) is 0.306. The summed E-state index contributed by atoms with van der Waals surface area (Å²) in [5, 5.41) is 10.3. The van der Waals surface area contributed by atoms with Gasteiger partial charge < -0.3 is 15.2 Å². The lowest BCUT2D eigenvalue weighted by atomic mass is 10.0. The molecule has 0 radical (unpaired) electrons. The fraction of sp³-hybridized carbons (Fsp3) is 0.241. The number of nitrogens with zero attached hydrogens (tertiary/aromatic N) is 6. The van der Waals surface area contributed by atoms with E-state index in [0.717, 1.165) is 71.7 Å². The van der Waals surface area contributed by atoms with Crippen LogP contribution in [0.25, 0.3) is 33.4 Å². The molecule has 3 aromatic heterocycles. The maximum Gasteiger partial charge on any atom is 0.324 e. The lowest BCUT2D eigenvalue weighted by Gasteiger charge is -2.32. The maximum atomic E-state index is 12.9. The lowest BCUT2D eigenvalue weighted by Crippen LogP contribution is -2.43. The number of aromatic amines is 1. The summed E-state index contributed by atoms with van der Waals surface area (Å²) in [6.45, 7) is 5.03. The molecule has 10 heteroatoms. The number of H-pyrrole nitrogens is 1. The molecule has 39 heavy (non-hydrogen) atoms. The second-order valence-corrected chi connectivity index (χ2v) is 9.91. The number of anilines is 2. The van der Waals surface area contributed by atoms with Gasteiger partial charge in [0.05, 0.1) is 28.7 Å². The van der Waals surface area contributed by atoms with E-state index in [-0.39, 0.29) is 6.03 Å². The molecule has 0 unspecified atom stereocenters. The molecule has 4 heterocycles. The zero-order valence-corrected chi connectivity index (χ0v) is 22.1. The Bertz CT molecular complexity index is 1580. The van der Waals surface area contributed by atoms with E-state index in [4.69, 9.17) is 0 Å². The molecule has 2 amide bonds. The number of imidazole rings is 1. The fourth-order valence-corrected chi connectivity index (χ4v) is 5.00. The number of amides is 2. The zero-order valence-electron chi connectivity index (χ0n) is 22.1. The molecule has 1 fully saturated rings. The van der Waals surface area contributed by atoms with Crippen LogP contribution < -0.4 is 10.6 Å². The molecule has 1 aliphatic heterocycles. The minimum atomic E-state index is -0.366. The summed E-state index contributed by atoms with van der Waals surface area (Å²) in [6, 6.07) is 17.6. The Hall–Kier alpha value is -4.54.